The molecule has 0 atom stereocenters. The maximum atomic E-state index is 12.5. The Bertz CT molecular complexity index is 1000. The van der Waals surface area contributed by atoms with Crippen molar-refractivity contribution in [2.45, 2.75) is 39.8 Å². The number of aromatic amines is 2. The molecule has 1 aliphatic heterocycles. The molecule has 0 saturated carbocycles. The van der Waals surface area contributed by atoms with Gasteiger partial charge in [-0.2, -0.15) is 15.2 Å². The van der Waals surface area contributed by atoms with E-state index in [0.717, 1.165) is 44.4 Å². The number of nitrogens with one attached hydrogen (secondary N) is 2. The fourth-order valence-corrected chi connectivity index (χ4v) is 3.33. The largest absolute Gasteiger partial charge is 0.340 e. The van der Waals surface area contributed by atoms with E-state index in [2.05, 4.69) is 35.1 Å². The van der Waals surface area contributed by atoms with Crippen LogP contribution in [0.1, 0.15) is 32.4 Å². The Morgan fingerprint density at radius 3 is 2.52 bits per heavy atom. The van der Waals surface area contributed by atoms with Crippen LogP contribution in [0.15, 0.2) is 11.0 Å². The van der Waals surface area contributed by atoms with E-state index in [1.54, 1.807) is 6.20 Å². The molecule has 4 heterocycles. The summed E-state index contributed by atoms with van der Waals surface area (Å²) in [6.45, 7) is 12.0. The second kappa shape index (κ2) is 6.45. The van der Waals surface area contributed by atoms with Crippen LogP contribution in [0.4, 0.5) is 5.95 Å². The lowest BCUT2D eigenvalue weighted by Gasteiger charge is -2.34. The van der Waals surface area contributed by atoms with E-state index in [1.807, 2.05) is 32.4 Å². The third-order valence-electron chi connectivity index (χ3n) is 4.74. The van der Waals surface area contributed by atoms with Crippen LogP contribution in [-0.2, 0) is 12.1 Å². The first-order chi connectivity index (χ1) is 12.8. The van der Waals surface area contributed by atoms with E-state index in [1.165, 1.54) is 0 Å². The first kappa shape index (κ1) is 17.7. The molecule has 0 radical (unpaired) electrons. The minimum atomic E-state index is -0.243. The average Bonchev–Trinajstić information content (AvgIpc) is 3.21. The molecule has 1 aliphatic rings. The van der Waals surface area contributed by atoms with Gasteiger partial charge in [0.2, 0.25) is 5.95 Å². The minimum absolute atomic E-state index is 0.149. The summed E-state index contributed by atoms with van der Waals surface area (Å²) in [6, 6.07) is 0. The van der Waals surface area contributed by atoms with Crippen molar-refractivity contribution in [3.63, 3.8) is 0 Å². The molecule has 3 aromatic rings. The molecule has 0 spiro atoms. The van der Waals surface area contributed by atoms with Crippen molar-refractivity contribution in [3.8, 4) is 0 Å². The molecule has 1 fully saturated rings. The van der Waals surface area contributed by atoms with E-state index < -0.39 is 0 Å². The highest BCUT2D eigenvalue weighted by atomic mass is 16.1. The number of aromatic nitrogens is 7. The summed E-state index contributed by atoms with van der Waals surface area (Å²) in [4.78, 5) is 28.9. The predicted octanol–water partition coefficient (Wildman–Crippen LogP) is 0.623. The summed E-state index contributed by atoms with van der Waals surface area (Å²) in [6.07, 6.45) is 1.59. The van der Waals surface area contributed by atoms with Gasteiger partial charge in [-0.15, -0.1) is 0 Å². The highest BCUT2D eigenvalue weighted by molar-refractivity contribution is 5.74. The number of aryl methyl sites for hydroxylation is 1. The molecule has 144 valence electrons. The summed E-state index contributed by atoms with van der Waals surface area (Å²) in [5.41, 5.74) is 0.233. The van der Waals surface area contributed by atoms with Crippen molar-refractivity contribution >= 4 is 17.0 Å². The lowest BCUT2D eigenvalue weighted by atomic mass is 10.1. The van der Waals surface area contributed by atoms with E-state index in [0.29, 0.717) is 17.0 Å². The quantitative estimate of drug-likeness (QED) is 0.694. The second-order valence-electron chi connectivity index (χ2n) is 7.95. The van der Waals surface area contributed by atoms with Crippen LogP contribution >= 0.6 is 0 Å². The molecule has 1 saturated heterocycles. The van der Waals surface area contributed by atoms with E-state index in [9.17, 15) is 4.79 Å². The van der Waals surface area contributed by atoms with Crippen LogP contribution < -0.4 is 10.5 Å². The Labute approximate surface area is 156 Å². The number of anilines is 1. The molecule has 10 nitrogen and oxygen atoms in total. The SMILES string of the molecule is Cc1nc(CN2CCN(c3nc4c(cnn4C(C)(C)C)c(=O)[nH]3)CC2)n[nH]1. The first-order valence-corrected chi connectivity index (χ1v) is 9.15. The van der Waals surface area contributed by atoms with E-state index in [-0.39, 0.29) is 11.1 Å². The number of piperazine rings is 1. The van der Waals surface area contributed by atoms with Gasteiger partial charge in [0.1, 0.15) is 11.2 Å². The Morgan fingerprint density at radius 2 is 1.89 bits per heavy atom. The molecule has 2 N–H and O–H groups in total. The van der Waals surface area contributed by atoms with Gasteiger partial charge in [-0.3, -0.25) is 19.8 Å². The molecule has 3 aromatic heterocycles. The van der Waals surface area contributed by atoms with Crippen LogP contribution in [0.5, 0.6) is 0 Å². The first-order valence-electron chi connectivity index (χ1n) is 9.15. The summed E-state index contributed by atoms with van der Waals surface area (Å²) >= 11 is 0. The van der Waals surface area contributed by atoms with Crippen LogP contribution in [0.3, 0.4) is 0 Å². The zero-order valence-electron chi connectivity index (χ0n) is 16.2. The topological polar surface area (TPSA) is 112 Å². The summed E-state index contributed by atoms with van der Waals surface area (Å²) < 4.78 is 1.81. The maximum absolute atomic E-state index is 12.5. The van der Waals surface area contributed by atoms with Gasteiger partial charge in [-0.05, 0) is 27.7 Å². The van der Waals surface area contributed by atoms with Crippen LogP contribution in [0.2, 0.25) is 0 Å². The van der Waals surface area contributed by atoms with Crippen LogP contribution in [-0.4, -0.2) is 66.0 Å². The normalized spacial score (nSPS) is 16.4. The van der Waals surface area contributed by atoms with Gasteiger partial charge in [-0.25, -0.2) is 9.67 Å². The number of rotatable bonds is 3. The fraction of sp³-hybridized carbons (Fsp3) is 0.588. The zero-order valence-corrected chi connectivity index (χ0v) is 16.2. The van der Waals surface area contributed by atoms with Crippen LogP contribution in [0, 0.1) is 6.92 Å². The third kappa shape index (κ3) is 3.44. The summed E-state index contributed by atoms with van der Waals surface area (Å²) in [7, 11) is 0. The molecular formula is C17H25N9O. The molecule has 0 bridgehead atoms. The van der Waals surface area contributed by atoms with Crippen molar-refractivity contribution in [2.75, 3.05) is 31.1 Å². The fourth-order valence-electron chi connectivity index (χ4n) is 3.33. The molecule has 0 aliphatic carbocycles. The highest BCUT2D eigenvalue weighted by Gasteiger charge is 2.23. The molecule has 0 aromatic carbocycles. The Morgan fingerprint density at radius 1 is 1.15 bits per heavy atom. The minimum Gasteiger partial charge on any atom is -0.340 e. The second-order valence-corrected chi connectivity index (χ2v) is 7.95. The van der Waals surface area contributed by atoms with Gasteiger partial charge >= 0.3 is 0 Å². The van der Waals surface area contributed by atoms with Gasteiger partial charge in [0.05, 0.1) is 18.3 Å². The standard InChI is InChI=1S/C17H25N9O/c1-11-19-13(23-22-11)10-24-5-7-25(8-6-24)16-20-14-12(15(27)21-16)9-18-26(14)17(2,3)4/h9H,5-8,10H2,1-4H3,(H,19,22,23)(H,20,21,27). The number of hydrogen-bond donors (Lipinski definition) is 2. The molecule has 27 heavy (non-hydrogen) atoms. The number of hydrogen-bond acceptors (Lipinski definition) is 7. The monoisotopic (exact) mass is 371 g/mol. The molecule has 0 amide bonds. The number of nitrogens with zero attached hydrogens (tertiary/aromatic N) is 7. The molecule has 0 unspecified atom stereocenters. The third-order valence-corrected chi connectivity index (χ3v) is 4.74. The maximum Gasteiger partial charge on any atom is 0.263 e. The number of fused-ring (bicyclic) bond motifs is 1. The van der Waals surface area contributed by atoms with E-state index >= 15 is 0 Å². The lowest BCUT2D eigenvalue weighted by Crippen LogP contribution is -2.47. The van der Waals surface area contributed by atoms with Gasteiger partial charge in [0.25, 0.3) is 5.56 Å². The Balaban J connectivity index is 1.52. The number of H-pyrrole nitrogens is 2. The summed E-state index contributed by atoms with van der Waals surface area (Å²) in [5.74, 6) is 2.24. The van der Waals surface area contributed by atoms with Crippen molar-refractivity contribution < 1.29 is 0 Å². The van der Waals surface area contributed by atoms with Gasteiger partial charge in [-0.1, -0.05) is 0 Å². The zero-order chi connectivity index (χ0) is 19.2. The molecule has 10 heteroatoms. The van der Waals surface area contributed by atoms with E-state index in [4.69, 9.17) is 4.98 Å². The van der Waals surface area contributed by atoms with Gasteiger partial charge in [0, 0.05) is 26.2 Å². The van der Waals surface area contributed by atoms with Crippen molar-refractivity contribution in [1.29, 1.82) is 0 Å². The Hall–Kier alpha value is -2.75. The summed E-state index contributed by atoms with van der Waals surface area (Å²) in [5, 5.41) is 12.0. The van der Waals surface area contributed by atoms with Crippen molar-refractivity contribution in [2.24, 2.45) is 0 Å². The Kier molecular flexibility index (Phi) is 4.22. The smallest absolute Gasteiger partial charge is 0.263 e. The predicted molar refractivity (Wildman–Crippen MR) is 102 cm³/mol. The van der Waals surface area contributed by atoms with Crippen molar-refractivity contribution in [1.82, 2.24) is 39.8 Å². The molecular weight excluding hydrogens is 346 g/mol. The van der Waals surface area contributed by atoms with Gasteiger partial charge in [0.15, 0.2) is 11.5 Å². The highest BCUT2D eigenvalue weighted by Crippen LogP contribution is 2.20. The van der Waals surface area contributed by atoms with Crippen LogP contribution in [0.25, 0.3) is 11.0 Å². The average molecular weight is 371 g/mol. The lowest BCUT2D eigenvalue weighted by molar-refractivity contribution is 0.243. The molecule has 4 rings (SSSR count). The van der Waals surface area contributed by atoms with Crippen molar-refractivity contribution in [3.05, 3.63) is 28.2 Å². The van der Waals surface area contributed by atoms with Gasteiger partial charge < -0.3 is 4.90 Å².